The molecule has 0 unspecified atom stereocenters. The summed E-state index contributed by atoms with van der Waals surface area (Å²) in [5.74, 6) is -0.367. The van der Waals surface area contributed by atoms with Crippen LogP contribution in [0.1, 0.15) is 11.3 Å². The number of nitriles is 1. The van der Waals surface area contributed by atoms with Crippen molar-refractivity contribution in [3.8, 4) is 11.8 Å². The van der Waals surface area contributed by atoms with Crippen molar-refractivity contribution in [1.82, 2.24) is 4.98 Å². The molecule has 0 saturated carbocycles. The molecule has 0 fully saturated rings. The molecule has 0 saturated heterocycles. The molecular formula is C15H9F3N2O. The normalized spacial score (nSPS) is 11.8. The number of aromatic nitrogens is 1. The third-order valence-electron chi connectivity index (χ3n) is 2.51. The molecule has 2 rings (SSSR count). The molecule has 1 heterocycles. The van der Waals surface area contributed by atoms with Gasteiger partial charge in [-0.15, -0.1) is 13.2 Å². The fraction of sp³-hybridized carbons (Fsp3) is 0.0667. The number of ether oxygens (including phenoxy) is 1. The van der Waals surface area contributed by atoms with E-state index in [0.29, 0.717) is 5.69 Å². The Morgan fingerprint density at radius 1 is 1.14 bits per heavy atom. The van der Waals surface area contributed by atoms with E-state index in [4.69, 9.17) is 5.26 Å². The number of alkyl halides is 3. The van der Waals surface area contributed by atoms with Gasteiger partial charge in [0.15, 0.2) is 0 Å². The molecule has 106 valence electrons. The minimum absolute atomic E-state index is 0.147. The second-order valence-electron chi connectivity index (χ2n) is 3.97. The number of halogens is 3. The molecule has 6 heteroatoms. The number of allylic oxidation sites excluding steroid dienone is 1. The highest BCUT2D eigenvalue weighted by Gasteiger charge is 2.31. The Hall–Kier alpha value is -2.81. The van der Waals surface area contributed by atoms with Gasteiger partial charge in [0.25, 0.3) is 0 Å². The Kier molecular flexibility index (Phi) is 4.24. The van der Waals surface area contributed by atoms with Gasteiger partial charge in [-0.25, -0.2) is 0 Å². The first-order chi connectivity index (χ1) is 9.99. The van der Waals surface area contributed by atoms with Crippen molar-refractivity contribution in [3.05, 3.63) is 59.9 Å². The Balaban J connectivity index is 2.42. The highest BCUT2D eigenvalue weighted by molar-refractivity contribution is 5.89. The van der Waals surface area contributed by atoms with Crippen molar-refractivity contribution in [2.24, 2.45) is 0 Å². The molecule has 0 bridgehead atoms. The average Bonchev–Trinajstić information content (AvgIpc) is 2.45. The summed E-state index contributed by atoms with van der Waals surface area (Å²) < 4.78 is 41.0. The van der Waals surface area contributed by atoms with E-state index < -0.39 is 6.36 Å². The monoisotopic (exact) mass is 290 g/mol. The van der Waals surface area contributed by atoms with Crippen LogP contribution in [0.25, 0.3) is 11.6 Å². The second-order valence-corrected chi connectivity index (χ2v) is 3.97. The Bertz CT molecular complexity index is 688. The zero-order valence-electron chi connectivity index (χ0n) is 10.6. The van der Waals surface area contributed by atoms with E-state index in [1.807, 2.05) is 6.07 Å². The zero-order valence-corrected chi connectivity index (χ0v) is 10.6. The third-order valence-corrected chi connectivity index (χ3v) is 2.51. The van der Waals surface area contributed by atoms with Crippen LogP contribution in [0.3, 0.4) is 0 Å². The Morgan fingerprint density at radius 3 is 2.48 bits per heavy atom. The highest BCUT2D eigenvalue weighted by atomic mass is 19.4. The first-order valence-electron chi connectivity index (χ1n) is 5.87. The number of benzene rings is 1. The van der Waals surface area contributed by atoms with Gasteiger partial charge in [0.1, 0.15) is 11.8 Å². The molecule has 21 heavy (non-hydrogen) atoms. The largest absolute Gasteiger partial charge is 0.573 e. The quantitative estimate of drug-likeness (QED) is 0.801. The minimum Gasteiger partial charge on any atom is -0.405 e. The lowest BCUT2D eigenvalue weighted by Gasteiger charge is -2.11. The molecule has 0 atom stereocenters. The Morgan fingerprint density at radius 2 is 1.86 bits per heavy atom. The fourth-order valence-corrected chi connectivity index (χ4v) is 1.66. The summed E-state index contributed by atoms with van der Waals surface area (Å²) in [7, 11) is 0. The van der Waals surface area contributed by atoms with Gasteiger partial charge >= 0.3 is 6.36 Å². The van der Waals surface area contributed by atoms with Crippen LogP contribution in [0.15, 0.2) is 48.7 Å². The van der Waals surface area contributed by atoms with Crippen molar-refractivity contribution < 1.29 is 17.9 Å². The highest BCUT2D eigenvalue weighted by Crippen LogP contribution is 2.28. The maximum Gasteiger partial charge on any atom is 0.573 e. The van der Waals surface area contributed by atoms with Crippen LogP contribution in [0.2, 0.25) is 0 Å². The van der Waals surface area contributed by atoms with E-state index >= 15 is 0 Å². The number of rotatable bonds is 3. The lowest BCUT2D eigenvalue weighted by molar-refractivity contribution is -0.274. The van der Waals surface area contributed by atoms with Gasteiger partial charge in [0.05, 0.1) is 11.3 Å². The maximum absolute atomic E-state index is 12.3. The summed E-state index contributed by atoms with van der Waals surface area (Å²) in [6, 6.07) is 12.5. The van der Waals surface area contributed by atoms with E-state index in [0.717, 1.165) is 0 Å². The van der Waals surface area contributed by atoms with E-state index in [1.165, 1.54) is 30.5 Å². The fourth-order valence-electron chi connectivity index (χ4n) is 1.66. The maximum atomic E-state index is 12.3. The Labute approximate surface area is 118 Å². The third kappa shape index (κ3) is 4.08. The second kappa shape index (κ2) is 6.09. The van der Waals surface area contributed by atoms with E-state index in [9.17, 15) is 13.2 Å². The molecule has 0 radical (unpaired) electrons. The van der Waals surface area contributed by atoms with Gasteiger partial charge in [0, 0.05) is 11.8 Å². The molecule has 0 amide bonds. The predicted octanol–water partition coefficient (Wildman–Crippen LogP) is 4.04. The first-order valence-corrected chi connectivity index (χ1v) is 5.87. The number of pyridine rings is 1. The average molecular weight is 290 g/mol. The predicted molar refractivity (Wildman–Crippen MR) is 70.8 cm³/mol. The van der Waals surface area contributed by atoms with Gasteiger partial charge in [-0.05, 0) is 24.3 Å². The molecule has 0 spiro atoms. The van der Waals surface area contributed by atoms with Gasteiger partial charge in [0.2, 0.25) is 0 Å². The van der Waals surface area contributed by atoms with Crippen molar-refractivity contribution in [2.45, 2.75) is 6.36 Å². The molecule has 0 aliphatic rings. The summed E-state index contributed by atoms with van der Waals surface area (Å²) in [5, 5.41) is 9.14. The smallest absolute Gasteiger partial charge is 0.405 e. The van der Waals surface area contributed by atoms with Crippen molar-refractivity contribution in [1.29, 1.82) is 5.26 Å². The van der Waals surface area contributed by atoms with Gasteiger partial charge in [-0.3, -0.25) is 4.98 Å². The standard InChI is InChI=1S/C15H9F3N2O/c16-15(17,18)21-14-7-2-1-5-11(14)9-12(10-19)13-6-3-4-8-20-13/h1-9H/b12-9-. The van der Waals surface area contributed by atoms with Crippen LogP contribution in [0.5, 0.6) is 5.75 Å². The summed E-state index contributed by atoms with van der Waals surface area (Å²) in [6.07, 6.45) is -1.98. The number of para-hydroxylation sites is 1. The van der Waals surface area contributed by atoms with E-state index in [2.05, 4.69) is 9.72 Å². The van der Waals surface area contributed by atoms with E-state index in [-0.39, 0.29) is 16.9 Å². The lowest BCUT2D eigenvalue weighted by atomic mass is 10.1. The molecule has 0 N–H and O–H groups in total. The summed E-state index contributed by atoms with van der Waals surface area (Å²) in [6.45, 7) is 0. The number of hydrogen-bond donors (Lipinski definition) is 0. The van der Waals surface area contributed by atoms with Crippen LogP contribution < -0.4 is 4.74 Å². The summed E-state index contributed by atoms with van der Waals surface area (Å²) >= 11 is 0. The van der Waals surface area contributed by atoms with Crippen LogP contribution >= 0.6 is 0 Å². The van der Waals surface area contributed by atoms with Gasteiger partial charge in [-0.2, -0.15) is 5.26 Å². The van der Waals surface area contributed by atoms with Gasteiger partial charge in [-0.1, -0.05) is 24.3 Å². The number of nitrogens with zero attached hydrogens (tertiary/aromatic N) is 2. The molecule has 3 nitrogen and oxygen atoms in total. The molecule has 2 aromatic rings. The number of hydrogen-bond acceptors (Lipinski definition) is 3. The van der Waals surface area contributed by atoms with E-state index in [1.54, 1.807) is 24.3 Å². The minimum atomic E-state index is -4.79. The molecule has 0 aliphatic heterocycles. The first kappa shape index (κ1) is 14.6. The van der Waals surface area contributed by atoms with Crippen LogP contribution in [-0.4, -0.2) is 11.3 Å². The summed E-state index contributed by atoms with van der Waals surface area (Å²) in [4.78, 5) is 4.00. The van der Waals surface area contributed by atoms with Gasteiger partial charge < -0.3 is 4.74 Å². The van der Waals surface area contributed by atoms with Crippen molar-refractivity contribution in [3.63, 3.8) is 0 Å². The van der Waals surface area contributed by atoms with Crippen LogP contribution in [0.4, 0.5) is 13.2 Å². The molecule has 0 aliphatic carbocycles. The zero-order chi connectivity index (χ0) is 15.3. The SMILES string of the molecule is N#C/C(=C/c1ccccc1OC(F)(F)F)c1ccccn1. The van der Waals surface area contributed by atoms with Crippen molar-refractivity contribution >= 4 is 11.6 Å². The summed E-state index contributed by atoms with van der Waals surface area (Å²) in [5.41, 5.74) is 0.674. The van der Waals surface area contributed by atoms with Crippen LogP contribution in [-0.2, 0) is 0 Å². The molecule has 1 aromatic heterocycles. The topological polar surface area (TPSA) is 45.9 Å². The molecular weight excluding hydrogens is 281 g/mol. The molecule has 1 aromatic carbocycles. The van der Waals surface area contributed by atoms with Crippen LogP contribution in [0, 0.1) is 11.3 Å². The lowest BCUT2D eigenvalue weighted by Crippen LogP contribution is -2.17. The van der Waals surface area contributed by atoms with Crippen molar-refractivity contribution in [2.75, 3.05) is 0 Å².